The van der Waals surface area contributed by atoms with Gasteiger partial charge in [0.25, 0.3) is 0 Å². The van der Waals surface area contributed by atoms with Gasteiger partial charge in [0.2, 0.25) is 29.5 Å². The minimum atomic E-state index is -1.38. The minimum Gasteiger partial charge on any atom is -0.508 e. The molecule has 2 aromatic rings. The quantitative estimate of drug-likeness (QED) is 0.0480. The molecule has 0 spiro atoms. The average Bonchev–Trinajstić information content (AvgIpc) is 2.10. The van der Waals surface area contributed by atoms with Gasteiger partial charge in [0, 0.05) is 45.6 Å². The summed E-state index contributed by atoms with van der Waals surface area (Å²) in [5.74, 6) is -3.47. The molecule has 0 aromatic heterocycles. The first-order valence-corrected chi connectivity index (χ1v) is 29.5. The third-order valence-electron chi connectivity index (χ3n) is 12.1. The van der Waals surface area contributed by atoms with E-state index < -0.39 is 118 Å². The molecule has 486 valence electrons. The van der Waals surface area contributed by atoms with Crippen molar-refractivity contribution in [2.45, 2.75) is 220 Å². The number of carbonyl (C=O) groups is 10. The number of alkyl carbamates (subject to hydrolysis) is 5. The largest absolute Gasteiger partial charge is 0.508 e. The number of unbranched alkanes of at least 4 members (excludes halogenated alkanes) is 1. The standard InChI is InChI=1S/C61H96N10O16/c1-57(2,3)83-52(78)65-30-20-25-43-50(76)68-44(34-37-21-18-22-38(33-37)39-26-27-46(72)40(35-39)36-45(51(77)67-43)71-56(82)87-61(13,14)15)49(75)63-29-19-24-42(70-55(81)86-60(10,11)12)47(73)62-28-17-16-23-41(69-54(80)85-59(7,8)9)48(74)64-31-32-66-53(79)84-58(4,5)6/h18,21-22,26-27,33,35,41-45,72H,16-17,19-20,23-25,28-32,34,36H2,1-15H3,(H,62,73)(H,63,75)(H,64,74)(H,65,78)(H,66,79)(H,67,77)(H,68,76)(H,69,80)(H,70,81)(H,71,82)/t41-,42-,43-,44-,45-/m0/s1. The zero-order chi connectivity index (χ0) is 65.5. The zero-order valence-electron chi connectivity index (χ0n) is 53.4. The van der Waals surface area contributed by atoms with Crippen molar-refractivity contribution in [3.8, 4) is 16.9 Å². The maximum Gasteiger partial charge on any atom is 0.408 e. The number of aromatic hydroxyl groups is 1. The summed E-state index contributed by atoms with van der Waals surface area (Å²) in [6.07, 6.45) is -3.20. The van der Waals surface area contributed by atoms with Crippen LogP contribution in [-0.2, 0) is 60.5 Å². The molecule has 5 atom stereocenters. The van der Waals surface area contributed by atoms with Crippen LogP contribution >= 0.6 is 0 Å². The van der Waals surface area contributed by atoms with Crippen molar-refractivity contribution in [3.63, 3.8) is 0 Å². The van der Waals surface area contributed by atoms with Crippen LogP contribution in [0.25, 0.3) is 11.1 Å². The van der Waals surface area contributed by atoms with Gasteiger partial charge >= 0.3 is 30.5 Å². The number of fused-ring (bicyclic) bond motifs is 5. The third-order valence-corrected chi connectivity index (χ3v) is 12.1. The monoisotopic (exact) mass is 1220 g/mol. The number of phenols is 1. The van der Waals surface area contributed by atoms with E-state index in [1.807, 2.05) is 12.1 Å². The van der Waals surface area contributed by atoms with Crippen molar-refractivity contribution in [1.29, 1.82) is 0 Å². The molecule has 11 N–H and O–H groups in total. The van der Waals surface area contributed by atoms with Gasteiger partial charge in [-0.05, 0) is 183 Å². The molecule has 10 amide bonds. The van der Waals surface area contributed by atoms with Gasteiger partial charge < -0.3 is 82.0 Å². The molecule has 0 saturated carbocycles. The summed E-state index contributed by atoms with van der Waals surface area (Å²) in [5, 5.41) is 37.9. The Balaban J connectivity index is 1.84. The van der Waals surface area contributed by atoms with E-state index in [1.54, 1.807) is 128 Å². The second kappa shape index (κ2) is 33.2. The van der Waals surface area contributed by atoms with Crippen LogP contribution in [0.2, 0.25) is 0 Å². The smallest absolute Gasteiger partial charge is 0.408 e. The van der Waals surface area contributed by atoms with Crippen LogP contribution in [0.1, 0.15) is 160 Å². The lowest BCUT2D eigenvalue weighted by Gasteiger charge is -2.27. The summed E-state index contributed by atoms with van der Waals surface area (Å²) in [7, 11) is 0. The number of hydrogen-bond donors (Lipinski definition) is 11. The molecule has 0 aliphatic carbocycles. The van der Waals surface area contributed by atoms with E-state index in [0.717, 1.165) is 0 Å². The van der Waals surface area contributed by atoms with Gasteiger partial charge in [-0.2, -0.15) is 0 Å². The second-order valence-electron chi connectivity index (χ2n) is 26.2. The fraction of sp³-hybridized carbons (Fsp3) is 0.639. The summed E-state index contributed by atoms with van der Waals surface area (Å²) in [4.78, 5) is 134. The number of phenolic OH excluding ortho intramolecular Hbond substituents is 1. The molecule has 0 fully saturated rings. The fourth-order valence-corrected chi connectivity index (χ4v) is 8.43. The molecule has 87 heavy (non-hydrogen) atoms. The second-order valence-corrected chi connectivity index (χ2v) is 26.2. The van der Waals surface area contributed by atoms with Gasteiger partial charge in [-0.1, -0.05) is 30.3 Å². The van der Waals surface area contributed by atoms with Crippen molar-refractivity contribution >= 4 is 60.0 Å². The van der Waals surface area contributed by atoms with Crippen molar-refractivity contribution in [2.75, 3.05) is 32.7 Å². The number of amides is 10. The van der Waals surface area contributed by atoms with Gasteiger partial charge in [0.1, 0.15) is 64.0 Å². The van der Waals surface area contributed by atoms with Crippen LogP contribution < -0.4 is 53.2 Å². The first-order chi connectivity index (χ1) is 40.2. The molecular weight excluding hydrogens is 1130 g/mol. The van der Waals surface area contributed by atoms with Gasteiger partial charge in [-0.3, -0.25) is 24.0 Å². The Kier molecular flexibility index (Phi) is 27.9. The van der Waals surface area contributed by atoms with E-state index in [2.05, 4.69) is 53.2 Å². The van der Waals surface area contributed by atoms with Gasteiger partial charge in [-0.15, -0.1) is 0 Å². The van der Waals surface area contributed by atoms with Crippen molar-refractivity contribution < 1.29 is 76.7 Å². The Labute approximate surface area is 511 Å². The Morgan fingerprint density at radius 1 is 0.506 bits per heavy atom. The predicted molar refractivity (Wildman–Crippen MR) is 324 cm³/mol. The molecule has 1 aliphatic rings. The molecule has 1 heterocycles. The molecule has 4 bridgehead atoms. The number of carbonyl (C=O) groups excluding carboxylic acids is 10. The molecule has 26 nitrogen and oxygen atoms in total. The number of nitrogens with one attached hydrogen (secondary N) is 10. The van der Waals surface area contributed by atoms with E-state index in [-0.39, 0.29) is 83.4 Å². The van der Waals surface area contributed by atoms with Crippen molar-refractivity contribution in [1.82, 2.24) is 53.2 Å². The summed E-state index contributed by atoms with van der Waals surface area (Å²) in [6, 6.07) is 5.83. The van der Waals surface area contributed by atoms with E-state index in [4.69, 9.17) is 23.7 Å². The maximum absolute atomic E-state index is 14.5. The van der Waals surface area contributed by atoms with Crippen LogP contribution in [0, 0.1) is 0 Å². The third kappa shape index (κ3) is 30.7. The molecule has 0 saturated heterocycles. The highest BCUT2D eigenvalue weighted by atomic mass is 16.6. The number of rotatable bonds is 22. The summed E-state index contributed by atoms with van der Waals surface area (Å²) < 4.78 is 26.9. The van der Waals surface area contributed by atoms with Crippen molar-refractivity contribution in [3.05, 3.63) is 53.6 Å². The Morgan fingerprint density at radius 2 is 0.977 bits per heavy atom. The SMILES string of the molecule is CC(C)(C)OC(=O)NCCC[C@@H]1NC(=O)[C@@H](NC(=O)OC(C)(C)C)Cc2cc(ccc2O)-c2cccc(c2)C[C@@H](C(=O)NCCC[C@H](NC(=O)OC(C)(C)C)C(=O)NCCCC[C@H](NC(=O)OC(C)(C)C)C(=O)NCCNC(=O)OC(C)(C)C)NC1=O. The van der Waals surface area contributed by atoms with Crippen LogP contribution in [0.15, 0.2) is 42.5 Å². The topological polar surface area (TPSA) is 357 Å². The Morgan fingerprint density at radius 3 is 1.54 bits per heavy atom. The fourth-order valence-electron chi connectivity index (χ4n) is 8.43. The summed E-state index contributed by atoms with van der Waals surface area (Å²) >= 11 is 0. The van der Waals surface area contributed by atoms with E-state index in [9.17, 15) is 53.1 Å². The molecule has 26 heteroatoms. The highest BCUT2D eigenvalue weighted by molar-refractivity contribution is 5.94. The molecule has 1 aliphatic heterocycles. The van der Waals surface area contributed by atoms with Crippen molar-refractivity contribution in [2.24, 2.45) is 0 Å². The lowest BCUT2D eigenvalue weighted by Crippen LogP contribution is -2.57. The normalized spacial score (nSPS) is 16.4. The van der Waals surface area contributed by atoms with E-state index >= 15 is 0 Å². The van der Waals surface area contributed by atoms with Crippen LogP contribution in [0.4, 0.5) is 24.0 Å². The minimum absolute atomic E-state index is 0.00776. The average molecular weight is 1230 g/mol. The van der Waals surface area contributed by atoms with Crippen LogP contribution in [-0.4, -0.2) is 156 Å². The molecule has 0 radical (unpaired) electrons. The van der Waals surface area contributed by atoms with E-state index in [0.29, 0.717) is 35.1 Å². The van der Waals surface area contributed by atoms with Crippen LogP contribution in [0.3, 0.4) is 0 Å². The Bertz CT molecular complexity index is 2690. The molecule has 2 aromatic carbocycles. The maximum atomic E-state index is 14.5. The molecular formula is C61H96N10O16. The zero-order valence-corrected chi connectivity index (χ0v) is 53.4. The lowest BCUT2D eigenvalue weighted by atomic mass is 9.96. The first kappa shape index (κ1) is 73.2. The predicted octanol–water partition coefficient (Wildman–Crippen LogP) is 5.94. The Hall–Kier alpha value is -8.06. The lowest BCUT2D eigenvalue weighted by molar-refractivity contribution is -0.132. The number of hydrogen-bond acceptors (Lipinski definition) is 16. The summed E-state index contributed by atoms with van der Waals surface area (Å²) in [5.41, 5.74) is -1.97. The van der Waals surface area contributed by atoms with Gasteiger partial charge in [-0.25, -0.2) is 24.0 Å². The van der Waals surface area contributed by atoms with Gasteiger partial charge in [0.05, 0.1) is 0 Å². The first-order valence-electron chi connectivity index (χ1n) is 29.5. The number of ether oxygens (including phenoxy) is 5. The van der Waals surface area contributed by atoms with Gasteiger partial charge in [0.15, 0.2) is 0 Å². The molecule has 3 rings (SSSR count). The highest BCUT2D eigenvalue weighted by Crippen LogP contribution is 2.29. The summed E-state index contributed by atoms with van der Waals surface area (Å²) in [6.45, 7) is 25.4. The van der Waals surface area contributed by atoms with E-state index in [1.165, 1.54) is 6.07 Å². The number of benzene rings is 2. The highest BCUT2D eigenvalue weighted by Gasteiger charge is 2.33. The molecule has 0 unspecified atom stereocenters. The van der Waals surface area contributed by atoms with Crippen LogP contribution in [0.5, 0.6) is 5.75 Å².